The Morgan fingerprint density at radius 2 is 1.81 bits per heavy atom. The lowest BCUT2D eigenvalue weighted by Crippen LogP contribution is -2.54. The molecule has 7 heteroatoms. The van der Waals surface area contributed by atoms with Gasteiger partial charge in [0.2, 0.25) is 10.9 Å². The van der Waals surface area contributed by atoms with Crippen LogP contribution in [0.5, 0.6) is 0 Å². The fraction of sp³-hybridized carbons (Fsp3) is 0.632. The molecule has 0 bridgehead atoms. The van der Waals surface area contributed by atoms with Crippen molar-refractivity contribution in [2.75, 3.05) is 30.9 Å². The van der Waals surface area contributed by atoms with E-state index in [-0.39, 0.29) is 11.9 Å². The predicted octanol–water partition coefficient (Wildman–Crippen LogP) is 2.35. The van der Waals surface area contributed by atoms with E-state index in [9.17, 15) is 13.2 Å². The predicted molar refractivity (Wildman–Crippen MR) is 104 cm³/mol. The van der Waals surface area contributed by atoms with Crippen LogP contribution in [-0.4, -0.2) is 56.3 Å². The Kier molecular flexibility index (Phi) is 6.53. The Bertz CT molecular complexity index is 676. The van der Waals surface area contributed by atoms with Crippen molar-refractivity contribution >= 4 is 22.5 Å². The summed E-state index contributed by atoms with van der Waals surface area (Å²) in [7, 11) is -2.68. The Morgan fingerprint density at radius 3 is 2.42 bits per heavy atom. The van der Waals surface area contributed by atoms with Crippen LogP contribution in [0.1, 0.15) is 49.4 Å². The van der Waals surface area contributed by atoms with Crippen molar-refractivity contribution in [1.82, 2.24) is 9.80 Å². The number of hydrogen-bond donors (Lipinski definition) is 2. The van der Waals surface area contributed by atoms with Gasteiger partial charge in [0.15, 0.2) is 0 Å². The van der Waals surface area contributed by atoms with E-state index in [0.29, 0.717) is 11.3 Å². The third-order valence-corrected chi connectivity index (χ3v) is 6.01. The number of amides is 1. The summed E-state index contributed by atoms with van der Waals surface area (Å²) in [6.45, 7) is 5.89. The zero-order valence-electron chi connectivity index (χ0n) is 15.4. The summed E-state index contributed by atoms with van der Waals surface area (Å²) < 4.78 is 23.7. The third-order valence-electron chi connectivity index (χ3n) is 5.57. The lowest BCUT2D eigenvalue weighted by Gasteiger charge is -2.41. The molecule has 0 radical (unpaired) electrons. The molecule has 1 aromatic rings. The van der Waals surface area contributed by atoms with Crippen LogP contribution in [-0.2, 0) is 10.9 Å². The second kappa shape index (κ2) is 8.86. The molecule has 1 N–H and O–H groups in total. The minimum atomic E-state index is -2.68. The van der Waals surface area contributed by atoms with Gasteiger partial charge in [0, 0.05) is 43.5 Å². The van der Waals surface area contributed by atoms with E-state index >= 15 is 0 Å². The van der Waals surface area contributed by atoms with Gasteiger partial charge in [-0.15, -0.1) is 0 Å². The normalized spacial score (nSPS) is 22.5. The number of benzene rings is 1. The van der Waals surface area contributed by atoms with Crippen LogP contribution in [0.3, 0.4) is 0 Å². The molecule has 6 nitrogen and oxygen atoms in total. The van der Waals surface area contributed by atoms with Crippen molar-refractivity contribution in [3.63, 3.8) is 0 Å². The van der Waals surface area contributed by atoms with Gasteiger partial charge in [0.25, 0.3) is 5.91 Å². The molecular weight excluding hydrogens is 350 g/mol. The zero-order valence-corrected chi connectivity index (χ0v) is 16.3. The van der Waals surface area contributed by atoms with Gasteiger partial charge in [-0.2, -0.15) is 0 Å². The Morgan fingerprint density at radius 1 is 1.12 bits per heavy atom. The Hall–Kier alpha value is -1.60. The van der Waals surface area contributed by atoms with Crippen molar-refractivity contribution in [1.29, 1.82) is 0 Å². The Balaban J connectivity index is 1.55. The van der Waals surface area contributed by atoms with Crippen LogP contribution < -0.4 is 4.72 Å². The number of carbonyl (C=O) groups excluding carboxylic acids is 1. The molecule has 1 aliphatic carbocycles. The molecule has 0 aromatic heterocycles. The molecule has 1 heterocycles. The van der Waals surface area contributed by atoms with Crippen molar-refractivity contribution < 1.29 is 13.2 Å². The first-order chi connectivity index (χ1) is 12.5. The molecule has 1 aromatic carbocycles. The highest BCUT2D eigenvalue weighted by molar-refractivity contribution is 7.73. The summed E-state index contributed by atoms with van der Waals surface area (Å²) in [6, 6.07) is 6.81. The van der Waals surface area contributed by atoms with Crippen LogP contribution in [0.4, 0.5) is 5.69 Å². The molecule has 1 atom stereocenters. The number of nitrogens with one attached hydrogen (secondary N) is 1. The summed E-state index contributed by atoms with van der Waals surface area (Å²) in [5.41, 5.74) is 1.08. The number of piperazine rings is 1. The van der Waals surface area contributed by atoms with Crippen molar-refractivity contribution in [2.45, 2.75) is 45.1 Å². The maximum Gasteiger partial charge on any atom is 0.254 e. The first-order valence-corrected chi connectivity index (χ1v) is 10.7. The lowest BCUT2D eigenvalue weighted by atomic mass is 9.88. The number of carbonyl (C=O) groups is 1. The standard InChI is InChI=1S/C19H29N3O3S/c1-15-13-21(14-16-5-3-2-4-6-16)11-12-22(15)19(23)17-7-9-18(10-8-17)20-26(24)25/h7-10,15-16,26H,2-6,11-14H2,1H3,(H,20,24,25)/t15-/m1/s1. The number of hydrogen-bond acceptors (Lipinski definition) is 4. The van der Waals surface area contributed by atoms with Gasteiger partial charge in [-0.3, -0.25) is 14.4 Å². The summed E-state index contributed by atoms with van der Waals surface area (Å²) in [6.07, 6.45) is 6.81. The molecule has 1 aliphatic heterocycles. The average Bonchev–Trinajstić information content (AvgIpc) is 2.62. The zero-order chi connectivity index (χ0) is 18.5. The molecule has 1 saturated heterocycles. The summed E-state index contributed by atoms with van der Waals surface area (Å²) in [4.78, 5) is 17.3. The number of thiol groups is 1. The fourth-order valence-electron chi connectivity index (χ4n) is 4.19. The van der Waals surface area contributed by atoms with Gasteiger partial charge in [0.1, 0.15) is 0 Å². The highest BCUT2D eigenvalue weighted by atomic mass is 32.2. The molecule has 26 heavy (non-hydrogen) atoms. The van der Waals surface area contributed by atoms with Gasteiger partial charge in [0.05, 0.1) is 0 Å². The van der Waals surface area contributed by atoms with Gasteiger partial charge in [-0.25, -0.2) is 8.42 Å². The van der Waals surface area contributed by atoms with Crippen LogP contribution >= 0.6 is 0 Å². The molecule has 1 amide bonds. The fourth-order valence-corrected chi connectivity index (χ4v) is 4.55. The van der Waals surface area contributed by atoms with E-state index in [4.69, 9.17) is 0 Å². The first-order valence-electron chi connectivity index (χ1n) is 9.57. The van der Waals surface area contributed by atoms with Crippen LogP contribution in [0.15, 0.2) is 24.3 Å². The van der Waals surface area contributed by atoms with E-state index in [1.807, 2.05) is 4.90 Å². The molecule has 144 valence electrons. The van der Waals surface area contributed by atoms with Crippen molar-refractivity contribution in [3.8, 4) is 0 Å². The largest absolute Gasteiger partial charge is 0.333 e. The van der Waals surface area contributed by atoms with E-state index in [1.54, 1.807) is 24.3 Å². The van der Waals surface area contributed by atoms with E-state index in [1.165, 1.54) is 38.6 Å². The first kappa shape index (κ1) is 19.2. The molecule has 0 unspecified atom stereocenters. The minimum Gasteiger partial charge on any atom is -0.333 e. The molecule has 2 aliphatic rings. The number of anilines is 1. The molecular formula is C19H29N3O3S. The van der Waals surface area contributed by atoms with Crippen molar-refractivity contribution in [3.05, 3.63) is 29.8 Å². The second-order valence-corrected chi connectivity index (χ2v) is 8.30. The quantitative estimate of drug-likeness (QED) is 0.771. The summed E-state index contributed by atoms with van der Waals surface area (Å²) >= 11 is 0. The van der Waals surface area contributed by atoms with Crippen molar-refractivity contribution in [2.24, 2.45) is 5.92 Å². The Labute approximate surface area is 157 Å². The second-order valence-electron chi connectivity index (χ2n) is 7.56. The van der Waals surface area contributed by atoms with E-state index in [2.05, 4.69) is 16.5 Å². The van der Waals surface area contributed by atoms with Crippen LogP contribution in [0, 0.1) is 5.92 Å². The molecule has 3 rings (SSSR count). The van der Waals surface area contributed by atoms with Gasteiger partial charge >= 0.3 is 0 Å². The lowest BCUT2D eigenvalue weighted by molar-refractivity contribution is 0.0444. The van der Waals surface area contributed by atoms with Gasteiger partial charge in [-0.05, 0) is 49.9 Å². The highest BCUT2D eigenvalue weighted by Crippen LogP contribution is 2.25. The number of nitrogens with zero attached hydrogens (tertiary/aromatic N) is 2. The summed E-state index contributed by atoms with van der Waals surface area (Å²) in [5, 5.41) is 0. The smallest absolute Gasteiger partial charge is 0.254 e. The SMILES string of the molecule is C[C@@H]1CN(CC2CCCCC2)CCN1C(=O)c1ccc(N[SH](=O)=O)cc1. The maximum absolute atomic E-state index is 12.8. The van der Waals surface area contributed by atoms with Gasteiger partial charge < -0.3 is 4.90 Å². The van der Waals surface area contributed by atoms with Crippen LogP contribution in [0.2, 0.25) is 0 Å². The third kappa shape index (κ3) is 4.98. The molecule has 0 spiro atoms. The van der Waals surface area contributed by atoms with E-state index < -0.39 is 10.9 Å². The highest BCUT2D eigenvalue weighted by Gasteiger charge is 2.29. The van der Waals surface area contributed by atoms with Gasteiger partial charge in [-0.1, -0.05) is 19.3 Å². The number of rotatable bonds is 5. The van der Waals surface area contributed by atoms with Crippen LogP contribution in [0.25, 0.3) is 0 Å². The average molecular weight is 380 g/mol. The monoisotopic (exact) mass is 379 g/mol. The van der Waals surface area contributed by atoms with E-state index in [0.717, 1.165) is 25.6 Å². The topological polar surface area (TPSA) is 69.7 Å². The maximum atomic E-state index is 12.8. The molecule has 1 saturated carbocycles. The molecule has 2 fully saturated rings. The summed E-state index contributed by atoms with van der Waals surface area (Å²) in [5.74, 6) is 0.846. The minimum absolute atomic E-state index is 0.0212.